The molecule has 1 atom stereocenters. The molecule has 0 aliphatic heterocycles. The van der Waals surface area contributed by atoms with Gasteiger partial charge < -0.3 is 4.74 Å². The van der Waals surface area contributed by atoms with Crippen LogP contribution >= 0.6 is 0 Å². The van der Waals surface area contributed by atoms with Crippen molar-refractivity contribution in [2.45, 2.75) is 97.5 Å². The smallest absolute Gasteiger partial charge is 0.338 e. The molecule has 0 unspecified atom stereocenters. The molecule has 2 nitrogen and oxygen atoms in total. The Bertz CT molecular complexity index is 673. The van der Waals surface area contributed by atoms with Crippen molar-refractivity contribution in [1.82, 2.24) is 0 Å². The Morgan fingerprint density at radius 2 is 1.60 bits per heavy atom. The molecule has 1 aromatic rings. The Morgan fingerprint density at radius 1 is 0.967 bits per heavy atom. The van der Waals surface area contributed by atoms with Crippen LogP contribution in [0.3, 0.4) is 0 Å². The van der Waals surface area contributed by atoms with Crippen LogP contribution in [0, 0.1) is 11.8 Å². The third-order valence-electron chi connectivity index (χ3n) is 6.26. The summed E-state index contributed by atoms with van der Waals surface area (Å²) in [5.41, 5.74) is 0.555. The van der Waals surface area contributed by atoms with Crippen LogP contribution in [-0.4, -0.2) is 12.1 Å². The molecule has 4 heteroatoms. The van der Waals surface area contributed by atoms with E-state index in [9.17, 15) is 13.6 Å². The minimum atomic E-state index is -0.793. The highest BCUT2D eigenvalue weighted by atomic mass is 19.2. The Hall–Kier alpha value is -1.71. The summed E-state index contributed by atoms with van der Waals surface area (Å²) in [6, 6.07) is 5.99. The summed E-state index contributed by atoms with van der Waals surface area (Å²) in [4.78, 5) is 12.3. The van der Waals surface area contributed by atoms with Crippen LogP contribution in [0.25, 0.3) is 5.83 Å². The van der Waals surface area contributed by atoms with Gasteiger partial charge in [0.15, 0.2) is 5.83 Å². The maximum absolute atomic E-state index is 14.7. The molecule has 1 fully saturated rings. The lowest BCUT2D eigenvalue weighted by Gasteiger charge is -2.27. The van der Waals surface area contributed by atoms with E-state index in [0.29, 0.717) is 24.3 Å². The zero-order valence-electron chi connectivity index (χ0n) is 18.9. The molecule has 0 heterocycles. The Labute approximate surface area is 181 Å². The van der Waals surface area contributed by atoms with E-state index in [-0.39, 0.29) is 17.6 Å². The molecule has 0 radical (unpaired) electrons. The van der Waals surface area contributed by atoms with Gasteiger partial charge in [0, 0.05) is 11.5 Å². The lowest BCUT2D eigenvalue weighted by atomic mass is 9.79. The van der Waals surface area contributed by atoms with Gasteiger partial charge in [-0.15, -0.1) is 0 Å². The second-order valence-corrected chi connectivity index (χ2v) is 8.81. The van der Waals surface area contributed by atoms with Crippen LogP contribution in [0.4, 0.5) is 8.78 Å². The summed E-state index contributed by atoms with van der Waals surface area (Å²) in [5, 5.41) is 0. The van der Waals surface area contributed by atoms with Crippen molar-refractivity contribution in [2.75, 3.05) is 0 Å². The molecule has 0 saturated heterocycles. The summed E-state index contributed by atoms with van der Waals surface area (Å²) in [6.07, 6.45) is 10.9. The fourth-order valence-electron chi connectivity index (χ4n) is 4.35. The number of hydrogen-bond acceptors (Lipinski definition) is 2. The third-order valence-corrected chi connectivity index (χ3v) is 6.26. The molecular formula is C26H38F2O2. The van der Waals surface area contributed by atoms with E-state index >= 15 is 0 Å². The molecular weight excluding hydrogens is 382 g/mol. The zero-order chi connectivity index (χ0) is 21.9. The van der Waals surface area contributed by atoms with Gasteiger partial charge in [0.2, 0.25) is 0 Å². The van der Waals surface area contributed by atoms with Gasteiger partial charge in [0.1, 0.15) is 5.83 Å². The summed E-state index contributed by atoms with van der Waals surface area (Å²) < 4.78 is 34.9. The minimum absolute atomic E-state index is 0.147. The maximum atomic E-state index is 14.7. The number of rotatable bonds is 11. The molecule has 0 amide bonds. The molecule has 1 aliphatic rings. The van der Waals surface area contributed by atoms with Gasteiger partial charge in [-0.25, -0.2) is 13.6 Å². The Balaban J connectivity index is 1.90. The summed E-state index contributed by atoms with van der Waals surface area (Å²) in [7, 11) is 0. The fourth-order valence-corrected chi connectivity index (χ4v) is 4.35. The van der Waals surface area contributed by atoms with Gasteiger partial charge in [-0.3, -0.25) is 0 Å². The largest absolute Gasteiger partial charge is 0.459 e. The van der Waals surface area contributed by atoms with Crippen molar-refractivity contribution >= 4 is 11.8 Å². The van der Waals surface area contributed by atoms with E-state index in [0.717, 1.165) is 38.5 Å². The van der Waals surface area contributed by atoms with Crippen molar-refractivity contribution < 1.29 is 18.3 Å². The number of ether oxygens (including phenoxy) is 1. The molecule has 168 valence electrons. The summed E-state index contributed by atoms with van der Waals surface area (Å²) in [5.74, 6) is -1.51. The van der Waals surface area contributed by atoms with E-state index in [1.165, 1.54) is 43.5 Å². The summed E-state index contributed by atoms with van der Waals surface area (Å²) >= 11 is 0. The number of allylic oxidation sites excluding steroid dienone is 1. The van der Waals surface area contributed by atoms with Crippen LogP contribution in [0.1, 0.15) is 107 Å². The first kappa shape index (κ1) is 24.6. The number of unbranched alkanes of at least 4 members (excludes halogenated alkanes) is 3. The van der Waals surface area contributed by atoms with Crippen LogP contribution < -0.4 is 0 Å². The van der Waals surface area contributed by atoms with Crippen molar-refractivity contribution in [1.29, 1.82) is 0 Å². The Morgan fingerprint density at radius 3 is 2.20 bits per heavy atom. The molecule has 2 rings (SSSR count). The fraction of sp³-hybridized carbons (Fsp3) is 0.654. The first-order valence-corrected chi connectivity index (χ1v) is 11.8. The van der Waals surface area contributed by atoms with Gasteiger partial charge in [0.05, 0.1) is 11.7 Å². The van der Waals surface area contributed by atoms with Crippen molar-refractivity contribution in [3.63, 3.8) is 0 Å². The number of benzene rings is 1. The molecule has 1 aromatic carbocycles. The molecule has 30 heavy (non-hydrogen) atoms. The maximum Gasteiger partial charge on any atom is 0.338 e. The lowest BCUT2D eigenvalue weighted by Crippen LogP contribution is -2.15. The van der Waals surface area contributed by atoms with Gasteiger partial charge >= 0.3 is 5.97 Å². The normalized spacial score (nSPS) is 21.1. The average Bonchev–Trinajstić information content (AvgIpc) is 2.76. The second-order valence-electron chi connectivity index (χ2n) is 8.81. The number of halogens is 2. The number of carbonyl (C=O) groups excluding carboxylic acids is 1. The van der Waals surface area contributed by atoms with Crippen LogP contribution in [0.15, 0.2) is 30.1 Å². The summed E-state index contributed by atoms with van der Waals surface area (Å²) in [6.45, 7) is 6.22. The van der Waals surface area contributed by atoms with Crippen LogP contribution in [0.2, 0.25) is 0 Å². The van der Waals surface area contributed by atoms with E-state index in [1.807, 2.05) is 6.92 Å². The first-order chi connectivity index (χ1) is 14.5. The molecule has 0 spiro atoms. The van der Waals surface area contributed by atoms with Crippen molar-refractivity contribution in [2.24, 2.45) is 11.8 Å². The lowest BCUT2D eigenvalue weighted by molar-refractivity contribution is 0.0319. The predicted molar refractivity (Wildman–Crippen MR) is 120 cm³/mol. The number of carbonyl (C=O) groups is 1. The monoisotopic (exact) mass is 420 g/mol. The Kier molecular flexibility index (Phi) is 10.5. The third kappa shape index (κ3) is 7.52. The van der Waals surface area contributed by atoms with Gasteiger partial charge in [-0.2, -0.15) is 0 Å². The van der Waals surface area contributed by atoms with E-state index in [1.54, 1.807) is 0 Å². The van der Waals surface area contributed by atoms with Crippen LogP contribution in [-0.2, 0) is 4.74 Å². The predicted octanol–water partition coefficient (Wildman–Crippen LogP) is 8.42. The molecule has 1 saturated carbocycles. The molecule has 0 N–H and O–H groups in total. The number of hydrogen-bond donors (Lipinski definition) is 0. The minimum Gasteiger partial charge on any atom is -0.459 e. The van der Waals surface area contributed by atoms with Gasteiger partial charge in [-0.1, -0.05) is 58.1 Å². The second kappa shape index (κ2) is 12.9. The quantitative estimate of drug-likeness (QED) is 0.265. The van der Waals surface area contributed by atoms with E-state index in [4.69, 9.17) is 4.74 Å². The standard InChI is InChI=1S/C26H38F2O2/c1-4-6-7-8-10-19(3)30-26(29)23-17-15-22(16-18-23)25(28)24(27)21-13-11-20(9-5-2)12-14-21/h15-21H,4-14H2,1-3H3/t19-,20?,21?/m0/s1. The molecule has 0 bridgehead atoms. The van der Waals surface area contributed by atoms with E-state index < -0.39 is 17.6 Å². The number of esters is 1. The molecule has 1 aliphatic carbocycles. The average molecular weight is 421 g/mol. The van der Waals surface area contributed by atoms with Gasteiger partial charge in [0.25, 0.3) is 0 Å². The zero-order valence-corrected chi connectivity index (χ0v) is 18.9. The molecule has 0 aromatic heterocycles. The van der Waals surface area contributed by atoms with E-state index in [2.05, 4.69) is 13.8 Å². The topological polar surface area (TPSA) is 26.3 Å². The highest BCUT2D eigenvalue weighted by Crippen LogP contribution is 2.39. The van der Waals surface area contributed by atoms with Crippen molar-refractivity contribution in [3.05, 3.63) is 41.2 Å². The van der Waals surface area contributed by atoms with Crippen LogP contribution in [0.5, 0.6) is 0 Å². The highest BCUT2D eigenvalue weighted by Gasteiger charge is 2.26. The van der Waals surface area contributed by atoms with Gasteiger partial charge in [-0.05, 0) is 63.5 Å². The van der Waals surface area contributed by atoms with Crippen molar-refractivity contribution in [3.8, 4) is 0 Å². The highest BCUT2D eigenvalue weighted by molar-refractivity contribution is 5.89. The SMILES string of the molecule is CCCCCC[C@H](C)OC(=O)c1ccc(C(F)=C(F)C2CCC(CCC)CC2)cc1. The first-order valence-electron chi connectivity index (χ1n) is 11.8.